The van der Waals surface area contributed by atoms with E-state index < -0.39 is 0 Å². The first-order chi connectivity index (χ1) is 11.8. The quantitative estimate of drug-likeness (QED) is 0.729. The van der Waals surface area contributed by atoms with Gasteiger partial charge in [0.25, 0.3) is 5.91 Å². The van der Waals surface area contributed by atoms with Gasteiger partial charge in [-0.25, -0.2) is 0 Å². The fourth-order valence-corrected chi connectivity index (χ4v) is 2.37. The molecule has 1 amide bonds. The molecular formula is C21H19NO2. The number of nitrogens with one attached hydrogen (secondary N) is 1. The van der Waals surface area contributed by atoms with Crippen LogP contribution in [-0.2, 0) is 6.42 Å². The molecule has 0 aliphatic rings. The summed E-state index contributed by atoms with van der Waals surface area (Å²) in [5.74, 6) is 1.41. The number of amides is 1. The number of carbonyl (C=O) groups is 1. The van der Waals surface area contributed by atoms with E-state index >= 15 is 0 Å². The highest BCUT2D eigenvalue weighted by atomic mass is 16.5. The molecule has 0 fully saturated rings. The third kappa shape index (κ3) is 4.46. The van der Waals surface area contributed by atoms with Crippen LogP contribution in [0.15, 0.2) is 84.9 Å². The lowest BCUT2D eigenvalue weighted by Crippen LogP contribution is -2.25. The Morgan fingerprint density at radius 3 is 2.00 bits per heavy atom. The van der Waals surface area contributed by atoms with E-state index in [1.807, 2.05) is 48.5 Å². The van der Waals surface area contributed by atoms with E-state index in [-0.39, 0.29) is 5.91 Å². The zero-order chi connectivity index (χ0) is 16.6. The summed E-state index contributed by atoms with van der Waals surface area (Å²) < 4.78 is 5.72. The molecule has 0 spiro atoms. The van der Waals surface area contributed by atoms with Crippen molar-refractivity contribution in [2.45, 2.75) is 6.42 Å². The molecule has 3 aromatic carbocycles. The maximum Gasteiger partial charge on any atom is 0.251 e. The van der Waals surface area contributed by atoms with E-state index in [1.54, 1.807) is 24.3 Å². The van der Waals surface area contributed by atoms with Gasteiger partial charge in [-0.1, -0.05) is 48.5 Å². The van der Waals surface area contributed by atoms with Crippen LogP contribution >= 0.6 is 0 Å². The molecule has 120 valence electrons. The topological polar surface area (TPSA) is 38.3 Å². The zero-order valence-electron chi connectivity index (χ0n) is 13.3. The minimum Gasteiger partial charge on any atom is -0.457 e. The maximum absolute atomic E-state index is 12.2. The van der Waals surface area contributed by atoms with Crippen LogP contribution in [0.1, 0.15) is 15.9 Å². The maximum atomic E-state index is 12.2. The van der Waals surface area contributed by atoms with Gasteiger partial charge in [0.05, 0.1) is 0 Å². The third-order valence-corrected chi connectivity index (χ3v) is 3.64. The first-order valence-electron chi connectivity index (χ1n) is 7.96. The monoisotopic (exact) mass is 317 g/mol. The van der Waals surface area contributed by atoms with Gasteiger partial charge < -0.3 is 10.1 Å². The summed E-state index contributed by atoms with van der Waals surface area (Å²) in [6.07, 6.45) is 0.821. The summed E-state index contributed by atoms with van der Waals surface area (Å²) in [6.45, 7) is 0.616. The SMILES string of the molecule is O=C(NCCc1ccccc1)c1ccc(Oc2ccccc2)cc1. The van der Waals surface area contributed by atoms with Gasteiger partial charge in [-0.2, -0.15) is 0 Å². The molecule has 1 N–H and O–H groups in total. The van der Waals surface area contributed by atoms with Gasteiger partial charge in [-0.15, -0.1) is 0 Å². The van der Waals surface area contributed by atoms with Crippen LogP contribution in [0.4, 0.5) is 0 Å². The van der Waals surface area contributed by atoms with Crippen molar-refractivity contribution < 1.29 is 9.53 Å². The van der Waals surface area contributed by atoms with Gasteiger partial charge in [-0.05, 0) is 48.4 Å². The largest absolute Gasteiger partial charge is 0.457 e. The van der Waals surface area contributed by atoms with Crippen molar-refractivity contribution in [1.29, 1.82) is 0 Å². The predicted molar refractivity (Wildman–Crippen MR) is 95.4 cm³/mol. The number of ether oxygens (including phenoxy) is 1. The first-order valence-corrected chi connectivity index (χ1v) is 7.96. The van der Waals surface area contributed by atoms with Gasteiger partial charge in [-0.3, -0.25) is 4.79 Å². The molecule has 0 aliphatic carbocycles. The molecule has 0 saturated carbocycles. The molecule has 0 atom stereocenters. The average molecular weight is 317 g/mol. The Hall–Kier alpha value is -3.07. The summed E-state index contributed by atoms with van der Waals surface area (Å²) in [4.78, 5) is 12.2. The Balaban J connectivity index is 1.52. The molecule has 0 aliphatic heterocycles. The fraction of sp³-hybridized carbons (Fsp3) is 0.0952. The van der Waals surface area contributed by atoms with Gasteiger partial charge in [0.15, 0.2) is 0 Å². The zero-order valence-corrected chi connectivity index (χ0v) is 13.3. The van der Waals surface area contributed by atoms with Crippen LogP contribution < -0.4 is 10.1 Å². The number of hydrogen-bond acceptors (Lipinski definition) is 2. The number of hydrogen-bond donors (Lipinski definition) is 1. The van der Waals surface area contributed by atoms with Crippen molar-refractivity contribution in [3.05, 3.63) is 96.1 Å². The van der Waals surface area contributed by atoms with Gasteiger partial charge in [0, 0.05) is 12.1 Å². The lowest BCUT2D eigenvalue weighted by molar-refractivity contribution is 0.0954. The van der Waals surface area contributed by atoms with Crippen molar-refractivity contribution in [3.63, 3.8) is 0 Å². The second-order valence-electron chi connectivity index (χ2n) is 5.43. The summed E-state index contributed by atoms with van der Waals surface area (Å²) in [7, 11) is 0. The highest BCUT2D eigenvalue weighted by Crippen LogP contribution is 2.21. The Labute approximate surface area is 141 Å². The van der Waals surface area contributed by atoms with Crippen molar-refractivity contribution >= 4 is 5.91 Å². The van der Waals surface area contributed by atoms with Crippen molar-refractivity contribution in [2.24, 2.45) is 0 Å². The summed E-state index contributed by atoms with van der Waals surface area (Å²) in [6, 6.07) is 26.8. The van der Waals surface area contributed by atoms with E-state index in [1.165, 1.54) is 5.56 Å². The van der Waals surface area contributed by atoms with E-state index in [9.17, 15) is 4.79 Å². The van der Waals surface area contributed by atoms with Crippen LogP contribution in [0.5, 0.6) is 11.5 Å². The molecule has 24 heavy (non-hydrogen) atoms. The van der Waals surface area contributed by atoms with Crippen molar-refractivity contribution in [2.75, 3.05) is 6.54 Å². The first kappa shape index (κ1) is 15.8. The van der Waals surface area contributed by atoms with E-state index in [4.69, 9.17) is 4.74 Å². The Kier molecular flexibility index (Phi) is 5.25. The molecular weight excluding hydrogens is 298 g/mol. The summed E-state index contributed by atoms with van der Waals surface area (Å²) in [5, 5.41) is 2.94. The number of rotatable bonds is 6. The lowest BCUT2D eigenvalue weighted by atomic mass is 10.1. The standard InChI is InChI=1S/C21H19NO2/c23-21(22-16-15-17-7-3-1-4-8-17)18-11-13-20(14-12-18)24-19-9-5-2-6-10-19/h1-14H,15-16H2,(H,22,23). The Bertz CT molecular complexity index is 768. The normalized spacial score (nSPS) is 10.2. The number of benzene rings is 3. The molecule has 0 aromatic heterocycles. The molecule has 3 nitrogen and oxygen atoms in total. The molecule has 3 rings (SSSR count). The van der Waals surface area contributed by atoms with Crippen LogP contribution in [0.3, 0.4) is 0 Å². The summed E-state index contributed by atoms with van der Waals surface area (Å²) >= 11 is 0. The molecule has 0 unspecified atom stereocenters. The average Bonchev–Trinajstić information content (AvgIpc) is 2.64. The minimum absolute atomic E-state index is 0.0720. The predicted octanol–water partition coefficient (Wildman–Crippen LogP) is 4.45. The number of carbonyl (C=O) groups excluding carboxylic acids is 1. The van der Waals surface area contributed by atoms with Crippen LogP contribution in [0.25, 0.3) is 0 Å². The van der Waals surface area contributed by atoms with Crippen molar-refractivity contribution in [3.8, 4) is 11.5 Å². The van der Waals surface area contributed by atoms with Crippen LogP contribution in [0, 0.1) is 0 Å². The van der Waals surface area contributed by atoms with Crippen molar-refractivity contribution in [1.82, 2.24) is 5.32 Å². The molecule has 0 radical (unpaired) electrons. The second kappa shape index (κ2) is 7.97. The second-order valence-corrected chi connectivity index (χ2v) is 5.43. The van der Waals surface area contributed by atoms with Gasteiger partial charge in [0.1, 0.15) is 11.5 Å². The Morgan fingerprint density at radius 1 is 0.750 bits per heavy atom. The van der Waals surface area contributed by atoms with E-state index in [2.05, 4.69) is 17.4 Å². The molecule has 0 heterocycles. The number of para-hydroxylation sites is 1. The highest BCUT2D eigenvalue weighted by molar-refractivity contribution is 5.94. The highest BCUT2D eigenvalue weighted by Gasteiger charge is 2.05. The van der Waals surface area contributed by atoms with E-state index in [0.29, 0.717) is 17.9 Å². The molecule has 3 aromatic rings. The third-order valence-electron chi connectivity index (χ3n) is 3.64. The fourth-order valence-electron chi connectivity index (χ4n) is 2.37. The lowest BCUT2D eigenvalue weighted by Gasteiger charge is -2.08. The Morgan fingerprint density at radius 2 is 1.33 bits per heavy atom. The van der Waals surface area contributed by atoms with E-state index in [0.717, 1.165) is 12.2 Å². The summed E-state index contributed by atoms with van der Waals surface area (Å²) in [5.41, 5.74) is 1.84. The molecule has 3 heteroatoms. The van der Waals surface area contributed by atoms with Gasteiger partial charge in [0.2, 0.25) is 0 Å². The van der Waals surface area contributed by atoms with Gasteiger partial charge >= 0.3 is 0 Å². The smallest absolute Gasteiger partial charge is 0.251 e. The van der Waals surface area contributed by atoms with Crippen LogP contribution in [-0.4, -0.2) is 12.5 Å². The molecule has 0 bridgehead atoms. The van der Waals surface area contributed by atoms with Crippen LogP contribution in [0.2, 0.25) is 0 Å². The molecule has 0 saturated heterocycles. The minimum atomic E-state index is -0.0720.